The van der Waals surface area contributed by atoms with Crippen LogP contribution in [0.15, 0.2) is 127 Å². The molecule has 1 amide bonds. The number of aryl methyl sites for hydroxylation is 1. The normalized spacial score (nSPS) is 13.4. The highest BCUT2D eigenvalue weighted by molar-refractivity contribution is 6.31. The predicted molar refractivity (Wildman–Crippen MR) is 272 cm³/mol. The lowest BCUT2D eigenvalue weighted by molar-refractivity contribution is -0.159. The van der Waals surface area contributed by atoms with Crippen LogP contribution in [-0.2, 0) is 34.2 Å². The third kappa shape index (κ3) is 14.6. The second-order valence-corrected chi connectivity index (χ2v) is 19.7. The molecule has 5 aromatic rings. The van der Waals surface area contributed by atoms with Crippen molar-refractivity contribution in [2.45, 2.75) is 141 Å². The average Bonchev–Trinajstić information content (AvgIpc) is 3.65. The Morgan fingerprint density at radius 1 is 0.588 bits per heavy atom. The molecule has 68 heavy (non-hydrogen) atoms. The van der Waals surface area contributed by atoms with Crippen LogP contribution < -0.4 is 5.32 Å². The number of nitrogens with one attached hydrogen (secondary N) is 1. The quantitative estimate of drug-likeness (QED) is 0.0255. The number of Topliss-reactive ketones (excluding diaryl/α,β-unsaturated/α-hetero) is 1. The standard InChI is InChI=1S/C59H70ClNO7/c1-43-36-38-46(39-37-43)59(45-26-16-15-17-27-45,53-33-24-25-34-54(53)60)68-56(64)44(41-61-57(65)66-42-52-50-31-22-20-29-48(50)49-30-21-23-32-51(49)52)40-47(62)28-18-13-11-9-7-5-6-8-10-12-14-19-35-55(63)67-58(2,3)4/h15-17,20-27,29-34,36-39,44,52H,5-14,18-19,28,35,40-42H2,1-4H3,(H,61,65)/t44-,59?/m0/s1. The highest BCUT2D eigenvalue weighted by atomic mass is 35.5. The van der Waals surface area contributed by atoms with Crippen LogP contribution in [0.5, 0.6) is 0 Å². The topological polar surface area (TPSA) is 108 Å². The van der Waals surface area contributed by atoms with Gasteiger partial charge >= 0.3 is 18.0 Å². The lowest BCUT2D eigenvalue weighted by atomic mass is 9.79. The Balaban J connectivity index is 1.06. The first kappa shape index (κ1) is 51.7. The van der Waals surface area contributed by atoms with Crippen molar-refractivity contribution in [3.63, 3.8) is 0 Å². The zero-order valence-electron chi connectivity index (χ0n) is 40.5. The molecule has 1 unspecified atom stereocenters. The molecule has 5 aromatic carbocycles. The maximum atomic E-state index is 14.9. The zero-order valence-corrected chi connectivity index (χ0v) is 41.3. The molecule has 9 heteroatoms. The van der Waals surface area contributed by atoms with Crippen LogP contribution in [0.1, 0.15) is 156 Å². The number of benzene rings is 5. The van der Waals surface area contributed by atoms with E-state index in [1.807, 2.05) is 125 Å². The molecule has 0 radical (unpaired) electrons. The summed E-state index contributed by atoms with van der Waals surface area (Å²) in [4.78, 5) is 54.1. The summed E-state index contributed by atoms with van der Waals surface area (Å²) in [5.41, 5.74) is 5.53. The Morgan fingerprint density at radius 3 is 1.66 bits per heavy atom. The van der Waals surface area contributed by atoms with Gasteiger partial charge in [0.1, 0.15) is 18.0 Å². The molecule has 8 nitrogen and oxygen atoms in total. The maximum Gasteiger partial charge on any atom is 0.407 e. The number of carbonyl (C=O) groups is 4. The molecule has 2 atom stereocenters. The van der Waals surface area contributed by atoms with Gasteiger partial charge in [-0.1, -0.05) is 203 Å². The molecule has 0 aromatic heterocycles. The fourth-order valence-electron chi connectivity index (χ4n) is 9.32. The van der Waals surface area contributed by atoms with Crippen LogP contribution in [0.4, 0.5) is 4.79 Å². The lowest BCUT2D eigenvalue weighted by Crippen LogP contribution is -2.41. The third-order valence-electron chi connectivity index (χ3n) is 12.8. The number of hydrogen-bond donors (Lipinski definition) is 1. The SMILES string of the molecule is Cc1ccc(C(OC(=O)[C@H](CNC(=O)OCC2c3ccccc3-c3ccccc32)CC(=O)CCCCCCCCCCCCCCC(=O)OC(C)(C)C)(c2ccccc2)c2ccccc2Cl)cc1. The molecule has 6 rings (SSSR count). The van der Waals surface area contributed by atoms with E-state index < -0.39 is 29.2 Å². The van der Waals surface area contributed by atoms with Crippen LogP contribution in [-0.4, -0.2) is 42.6 Å². The second kappa shape index (κ2) is 25.6. The molecule has 0 spiro atoms. The molecule has 1 aliphatic rings. The molecular weight excluding hydrogens is 870 g/mol. The van der Waals surface area contributed by atoms with Gasteiger partial charge in [-0.3, -0.25) is 14.4 Å². The van der Waals surface area contributed by atoms with E-state index in [9.17, 15) is 19.2 Å². The van der Waals surface area contributed by atoms with E-state index in [4.69, 9.17) is 25.8 Å². The van der Waals surface area contributed by atoms with Gasteiger partial charge in [0.05, 0.1) is 5.92 Å². The van der Waals surface area contributed by atoms with Crippen molar-refractivity contribution in [3.05, 3.63) is 166 Å². The Kier molecular flexibility index (Phi) is 19.4. The number of carbonyl (C=O) groups excluding carboxylic acids is 4. The average molecular weight is 941 g/mol. The summed E-state index contributed by atoms with van der Waals surface area (Å²) in [6.45, 7) is 7.65. The molecule has 360 valence electrons. The van der Waals surface area contributed by atoms with E-state index in [0.717, 1.165) is 79.2 Å². The number of hydrogen-bond acceptors (Lipinski definition) is 7. The van der Waals surface area contributed by atoms with Gasteiger partial charge in [-0.15, -0.1) is 0 Å². The number of fused-ring (bicyclic) bond motifs is 3. The van der Waals surface area contributed by atoms with E-state index in [0.29, 0.717) is 34.6 Å². The van der Waals surface area contributed by atoms with E-state index in [1.54, 1.807) is 6.07 Å². The van der Waals surface area contributed by atoms with E-state index in [1.165, 1.54) is 25.7 Å². The first-order chi connectivity index (χ1) is 32.9. The summed E-state index contributed by atoms with van der Waals surface area (Å²) in [6, 6.07) is 40.9. The van der Waals surface area contributed by atoms with Gasteiger partial charge in [0.25, 0.3) is 0 Å². The number of unbranched alkanes of at least 4 members (excludes halogenated alkanes) is 11. The molecule has 1 N–H and O–H groups in total. The summed E-state index contributed by atoms with van der Waals surface area (Å²) in [7, 11) is 0. The summed E-state index contributed by atoms with van der Waals surface area (Å²) in [6.07, 6.45) is 12.9. The Bertz CT molecular complexity index is 2360. The number of ether oxygens (including phenoxy) is 3. The van der Waals surface area contributed by atoms with Crippen molar-refractivity contribution in [1.29, 1.82) is 0 Å². The zero-order chi connectivity index (χ0) is 48.4. The first-order valence-electron chi connectivity index (χ1n) is 24.8. The van der Waals surface area contributed by atoms with Crippen molar-refractivity contribution in [2.24, 2.45) is 5.92 Å². The summed E-state index contributed by atoms with van der Waals surface area (Å²) in [5, 5.41) is 3.25. The highest BCUT2D eigenvalue weighted by Crippen LogP contribution is 2.46. The van der Waals surface area contributed by atoms with Crippen LogP contribution in [0.25, 0.3) is 11.1 Å². The van der Waals surface area contributed by atoms with Crippen molar-refractivity contribution in [2.75, 3.05) is 13.2 Å². The van der Waals surface area contributed by atoms with Crippen molar-refractivity contribution in [1.82, 2.24) is 5.32 Å². The molecule has 0 bridgehead atoms. The minimum absolute atomic E-state index is 0.0641. The highest BCUT2D eigenvalue weighted by Gasteiger charge is 2.44. The second-order valence-electron chi connectivity index (χ2n) is 19.3. The fraction of sp³-hybridized carbons (Fsp3) is 0.424. The Morgan fingerprint density at radius 2 is 1.09 bits per heavy atom. The predicted octanol–water partition coefficient (Wildman–Crippen LogP) is 14.4. The first-order valence-corrected chi connectivity index (χ1v) is 25.2. The van der Waals surface area contributed by atoms with Gasteiger partial charge in [-0.25, -0.2) is 4.79 Å². The number of ketones is 1. The number of rotatable bonds is 26. The van der Waals surface area contributed by atoms with Crippen LogP contribution in [0.3, 0.4) is 0 Å². The van der Waals surface area contributed by atoms with E-state index in [2.05, 4.69) is 29.6 Å². The lowest BCUT2D eigenvalue weighted by Gasteiger charge is -2.37. The van der Waals surface area contributed by atoms with E-state index in [-0.39, 0.29) is 37.2 Å². The van der Waals surface area contributed by atoms with Gasteiger partial charge in [0.15, 0.2) is 5.60 Å². The van der Waals surface area contributed by atoms with Gasteiger partial charge < -0.3 is 19.5 Å². The van der Waals surface area contributed by atoms with Crippen molar-refractivity contribution < 1.29 is 33.4 Å². The summed E-state index contributed by atoms with van der Waals surface area (Å²) in [5.74, 6) is -1.95. The van der Waals surface area contributed by atoms with Gasteiger partial charge in [0, 0.05) is 53.4 Å². The summed E-state index contributed by atoms with van der Waals surface area (Å²) >= 11 is 6.98. The molecule has 0 aliphatic heterocycles. The smallest absolute Gasteiger partial charge is 0.407 e. The molecule has 0 heterocycles. The van der Waals surface area contributed by atoms with Gasteiger partial charge in [-0.2, -0.15) is 0 Å². The van der Waals surface area contributed by atoms with Crippen molar-refractivity contribution in [3.8, 4) is 11.1 Å². The number of halogens is 1. The minimum Gasteiger partial charge on any atom is -0.460 e. The number of alkyl carbamates (subject to hydrolysis) is 1. The third-order valence-corrected chi connectivity index (χ3v) is 13.1. The van der Waals surface area contributed by atoms with Crippen LogP contribution in [0, 0.1) is 12.8 Å². The Hall–Kier alpha value is -5.73. The van der Waals surface area contributed by atoms with E-state index >= 15 is 0 Å². The van der Waals surface area contributed by atoms with Gasteiger partial charge in [-0.05, 0) is 68.9 Å². The monoisotopic (exact) mass is 939 g/mol. The molecule has 0 saturated heterocycles. The molecule has 0 fully saturated rings. The fourth-order valence-corrected chi connectivity index (χ4v) is 9.58. The molecule has 1 aliphatic carbocycles. The molecule has 0 saturated carbocycles. The van der Waals surface area contributed by atoms with Crippen molar-refractivity contribution >= 4 is 35.4 Å². The van der Waals surface area contributed by atoms with Crippen LogP contribution in [0.2, 0.25) is 5.02 Å². The largest absolute Gasteiger partial charge is 0.460 e. The van der Waals surface area contributed by atoms with Gasteiger partial charge in [0.2, 0.25) is 0 Å². The minimum atomic E-state index is -1.47. The Labute approximate surface area is 409 Å². The number of esters is 2. The molecular formula is C59H70ClNO7. The number of amides is 1. The van der Waals surface area contributed by atoms with Crippen LogP contribution >= 0.6 is 11.6 Å². The summed E-state index contributed by atoms with van der Waals surface area (Å²) < 4.78 is 18.1. The maximum absolute atomic E-state index is 14.9.